The minimum atomic E-state index is -0.356. The number of hydrogen-bond donors (Lipinski definition) is 4. The number of anilines is 1. The van der Waals surface area contributed by atoms with Crippen LogP contribution in [0.15, 0.2) is 47.6 Å². The summed E-state index contributed by atoms with van der Waals surface area (Å²) in [5.41, 5.74) is 3.41. The molecule has 0 aliphatic heterocycles. The number of hydrazone groups is 1. The molecule has 0 saturated carbocycles. The summed E-state index contributed by atoms with van der Waals surface area (Å²) in [4.78, 5) is 11.7. The van der Waals surface area contributed by atoms with Gasteiger partial charge in [-0.05, 0) is 24.3 Å². The average molecular weight is 315 g/mol. The summed E-state index contributed by atoms with van der Waals surface area (Å²) < 4.78 is 5.17. The number of benzene rings is 2. The number of methoxy groups -OCH3 is 1. The van der Waals surface area contributed by atoms with Gasteiger partial charge in [0.05, 0.1) is 25.6 Å². The second-order valence-electron chi connectivity index (χ2n) is 4.59. The Bertz CT molecular complexity index is 716. The molecule has 0 aromatic heterocycles. The lowest BCUT2D eigenvalue weighted by Gasteiger charge is -2.09. The topological polar surface area (TPSA) is 103 Å². The van der Waals surface area contributed by atoms with Crippen LogP contribution < -0.4 is 15.5 Å². The summed E-state index contributed by atoms with van der Waals surface area (Å²) in [6.07, 6.45) is 1.29. The van der Waals surface area contributed by atoms with Crippen molar-refractivity contribution in [1.82, 2.24) is 5.43 Å². The summed E-state index contributed by atoms with van der Waals surface area (Å²) in [6.45, 7) is 0.0132. The molecule has 0 spiro atoms. The highest BCUT2D eigenvalue weighted by Crippen LogP contribution is 2.22. The Labute approximate surface area is 133 Å². The van der Waals surface area contributed by atoms with E-state index < -0.39 is 0 Å². The van der Waals surface area contributed by atoms with Gasteiger partial charge in [-0.3, -0.25) is 4.79 Å². The van der Waals surface area contributed by atoms with Crippen molar-refractivity contribution in [2.75, 3.05) is 19.0 Å². The molecule has 7 nitrogen and oxygen atoms in total. The first-order valence-corrected chi connectivity index (χ1v) is 6.81. The molecule has 7 heteroatoms. The van der Waals surface area contributed by atoms with E-state index in [4.69, 9.17) is 4.74 Å². The molecule has 2 aromatic rings. The van der Waals surface area contributed by atoms with Crippen LogP contribution in [0, 0.1) is 0 Å². The van der Waals surface area contributed by atoms with Gasteiger partial charge in [-0.2, -0.15) is 5.10 Å². The number of nitrogens with zero attached hydrogens (tertiary/aromatic N) is 1. The number of hydrogen-bond acceptors (Lipinski definition) is 6. The van der Waals surface area contributed by atoms with Crippen molar-refractivity contribution >= 4 is 17.8 Å². The number of phenols is 2. The zero-order valence-electron chi connectivity index (χ0n) is 12.5. The van der Waals surface area contributed by atoms with Crippen LogP contribution >= 0.6 is 0 Å². The van der Waals surface area contributed by atoms with Crippen molar-refractivity contribution in [1.29, 1.82) is 0 Å². The van der Waals surface area contributed by atoms with Crippen LogP contribution in [-0.4, -0.2) is 36.0 Å². The van der Waals surface area contributed by atoms with Crippen LogP contribution in [0.4, 0.5) is 5.69 Å². The van der Waals surface area contributed by atoms with Gasteiger partial charge in [0.1, 0.15) is 17.2 Å². The van der Waals surface area contributed by atoms with E-state index >= 15 is 0 Å². The summed E-state index contributed by atoms with van der Waals surface area (Å²) >= 11 is 0. The highest BCUT2D eigenvalue weighted by Gasteiger charge is 2.04. The molecule has 23 heavy (non-hydrogen) atoms. The fourth-order valence-electron chi connectivity index (χ4n) is 1.82. The van der Waals surface area contributed by atoms with E-state index in [9.17, 15) is 15.0 Å². The highest BCUT2D eigenvalue weighted by molar-refractivity contribution is 5.86. The Kier molecular flexibility index (Phi) is 5.40. The number of ether oxygens (including phenoxy) is 1. The quantitative estimate of drug-likeness (QED) is 0.479. The van der Waals surface area contributed by atoms with Crippen molar-refractivity contribution in [3.8, 4) is 17.2 Å². The Morgan fingerprint density at radius 1 is 1.26 bits per heavy atom. The fraction of sp³-hybridized carbons (Fsp3) is 0.125. The van der Waals surface area contributed by atoms with Crippen molar-refractivity contribution in [3.05, 3.63) is 48.0 Å². The second kappa shape index (κ2) is 7.69. The maximum absolute atomic E-state index is 11.7. The van der Waals surface area contributed by atoms with Crippen LogP contribution in [0.1, 0.15) is 5.56 Å². The molecule has 0 aliphatic rings. The Balaban J connectivity index is 1.86. The van der Waals surface area contributed by atoms with E-state index in [2.05, 4.69) is 15.8 Å². The SMILES string of the molecule is COc1ccccc1NCC(=O)N/N=C\c1ccc(O)cc1O. The van der Waals surface area contributed by atoms with E-state index in [0.717, 1.165) is 0 Å². The zero-order chi connectivity index (χ0) is 16.7. The zero-order valence-corrected chi connectivity index (χ0v) is 12.5. The molecule has 0 fully saturated rings. The maximum atomic E-state index is 11.7. The molecule has 1 amide bonds. The van der Waals surface area contributed by atoms with Gasteiger partial charge < -0.3 is 20.3 Å². The predicted molar refractivity (Wildman–Crippen MR) is 87.0 cm³/mol. The standard InChI is InChI=1S/C16H17N3O4/c1-23-15-5-3-2-4-13(15)17-10-16(22)19-18-9-11-6-7-12(20)8-14(11)21/h2-9,17,20-21H,10H2,1H3,(H,19,22)/b18-9-. The van der Waals surface area contributed by atoms with E-state index in [1.54, 1.807) is 19.2 Å². The molecule has 2 rings (SSSR count). The number of amides is 1. The normalized spacial score (nSPS) is 10.5. The highest BCUT2D eigenvalue weighted by atomic mass is 16.5. The number of carbonyl (C=O) groups excluding carboxylic acids is 1. The maximum Gasteiger partial charge on any atom is 0.259 e. The van der Waals surface area contributed by atoms with Gasteiger partial charge in [-0.15, -0.1) is 0 Å². The first-order chi connectivity index (χ1) is 11.1. The monoisotopic (exact) mass is 315 g/mol. The lowest BCUT2D eigenvalue weighted by molar-refractivity contribution is -0.119. The van der Waals surface area contributed by atoms with Crippen LogP contribution in [-0.2, 0) is 4.79 Å². The lowest BCUT2D eigenvalue weighted by atomic mass is 10.2. The van der Waals surface area contributed by atoms with E-state index in [0.29, 0.717) is 17.0 Å². The molecule has 0 heterocycles. The third kappa shape index (κ3) is 4.63. The second-order valence-corrected chi connectivity index (χ2v) is 4.59. The molecule has 0 atom stereocenters. The number of carbonyl (C=O) groups is 1. The number of rotatable bonds is 6. The number of nitrogens with one attached hydrogen (secondary N) is 2. The molecular formula is C16H17N3O4. The van der Waals surface area contributed by atoms with Gasteiger partial charge in [0.2, 0.25) is 0 Å². The smallest absolute Gasteiger partial charge is 0.259 e. The van der Waals surface area contributed by atoms with Gasteiger partial charge in [0, 0.05) is 11.6 Å². The van der Waals surface area contributed by atoms with Crippen molar-refractivity contribution < 1.29 is 19.7 Å². The lowest BCUT2D eigenvalue weighted by Crippen LogP contribution is -2.26. The van der Waals surface area contributed by atoms with Crippen LogP contribution in [0.25, 0.3) is 0 Å². The third-order valence-corrected chi connectivity index (χ3v) is 2.95. The first-order valence-electron chi connectivity index (χ1n) is 6.81. The molecule has 0 unspecified atom stereocenters. The van der Waals surface area contributed by atoms with E-state index in [-0.39, 0.29) is 24.0 Å². The minimum Gasteiger partial charge on any atom is -0.508 e. The first kappa shape index (κ1) is 16.2. The summed E-state index contributed by atoms with van der Waals surface area (Å²) in [5, 5.41) is 25.4. The number of aromatic hydroxyl groups is 2. The number of phenolic OH excluding ortho intramolecular Hbond substituents is 2. The molecule has 2 aromatic carbocycles. The largest absolute Gasteiger partial charge is 0.508 e. The van der Waals surface area contributed by atoms with Gasteiger partial charge in [0.25, 0.3) is 5.91 Å². The fourth-order valence-corrected chi connectivity index (χ4v) is 1.82. The minimum absolute atomic E-state index is 0.0132. The Morgan fingerprint density at radius 2 is 2.04 bits per heavy atom. The molecule has 120 valence electrons. The summed E-state index contributed by atoms with van der Waals surface area (Å²) in [7, 11) is 1.55. The third-order valence-electron chi connectivity index (χ3n) is 2.95. The van der Waals surface area contributed by atoms with Crippen molar-refractivity contribution in [2.24, 2.45) is 5.10 Å². The molecule has 4 N–H and O–H groups in total. The Morgan fingerprint density at radius 3 is 2.78 bits per heavy atom. The van der Waals surface area contributed by atoms with Crippen molar-refractivity contribution in [2.45, 2.75) is 0 Å². The van der Waals surface area contributed by atoms with E-state index in [1.807, 2.05) is 12.1 Å². The van der Waals surface area contributed by atoms with Gasteiger partial charge in [-0.1, -0.05) is 12.1 Å². The van der Waals surface area contributed by atoms with Crippen LogP contribution in [0.5, 0.6) is 17.2 Å². The Hall–Kier alpha value is -3.22. The summed E-state index contributed by atoms with van der Waals surface area (Å²) in [6, 6.07) is 11.3. The van der Waals surface area contributed by atoms with Crippen LogP contribution in [0.3, 0.4) is 0 Å². The van der Waals surface area contributed by atoms with Gasteiger partial charge >= 0.3 is 0 Å². The average Bonchev–Trinajstić information content (AvgIpc) is 2.55. The predicted octanol–water partition coefficient (Wildman–Crippen LogP) is 1.67. The molecule has 0 radical (unpaired) electrons. The van der Waals surface area contributed by atoms with Crippen LogP contribution in [0.2, 0.25) is 0 Å². The molecule has 0 saturated heterocycles. The van der Waals surface area contributed by atoms with E-state index in [1.165, 1.54) is 24.4 Å². The molecular weight excluding hydrogens is 298 g/mol. The summed E-state index contributed by atoms with van der Waals surface area (Å²) in [5.74, 6) is 0.100. The molecule has 0 bridgehead atoms. The van der Waals surface area contributed by atoms with Gasteiger partial charge in [0.15, 0.2) is 0 Å². The number of para-hydroxylation sites is 2. The van der Waals surface area contributed by atoms with Gasteiger partial charge in [-0.25, -0.2) is 5.43 Å². The van der Waals surface area contributed by atoms with Crippen molar-refractivity contribution in [3.63, 3.8) is 0 Å². The molecule has 0 aliphatic carbocycles.